The summed E-state index contributed by atoms with van der Waals surface area (Å²) in [7, 11) is 1.56. The van der Waals surface area contributed by atoms with Gasteiger partial charge >= 0.3 is 0 Å². The molecule has 0 spiro atoms. The van der Waals surface area contributed by atoms with E-state index in [4.69, 9.17) is 10.5 Å². The van der Waals surface area contributed by atoms with Crippen LogP contribution in [0.3, 0.4) is 0 Å². The fourth-order valence-electron chi connectivity index (χ4n) is 1.84. The smallest absolute Gasteiger partial charge is 0.218 e. The lowest BCUT2D eigenvalue weighted by Gasteiger charge is -2.02. The first-order valence-electron chi connectivity index (χ1n) is 6.03. The molecule has 100 valence electrons. The van der Waals surface area contributed by atoms with Gasteiger partial charge in [-0.15, -0.1) is 0 Å². The van der Waals surface area contributed by atoms with Crippen LogP contribution < -0.4 is 10.5 Å². The number of nitrogens with zero attached hydrogens (tertiary/aromatic N) is 4. The summed E-state index contributed by atoms with van der Waals surface area (Å²) in [4.78, 5) is 8.14. The first-order chi connectivity index (χ1) is 9.76. The van der Waals surface area contributed by atoms with Crippen molar-refractivity contribution in [3.63, 3.8) is 0 Å². The normalized spacial score (nSPS) is 10.4. The zero-order chi connectivity index (χ0) is 13.9. The highest BCUT2D eigenvalue weighted by Gasteiger charge is 2.05. The van der Waals surface area contributed by atoms with Crippen molar-refractivity contribution >= 4 is 5.69 Å². The van der Waals surface area contributed by atoms with Crippen LogP contribution in [0.25, 0.3) is 16.9 Å². The van der Waals surface area contributed by atoms with Crippen LogP contribution in [0.5, 0.6) is 5.88 Å². The van der Waals surface area contributed by atoms with Crippen molar-refractivity contribution < 1.29 is 4.74 Å². The van der Waals surface area contributed by atoms with Gasteiger partial charge in [-0.05, 0) is 17.7 Å². The van der Waals surface area contributed by atoms with E-state index in [1.54, 1.807) is 24.1 Å². The number of benzene rings is 1. The summed E-state index contributed by atoms with van der Waals surface area (Å²) < 4.78 is 6.75. The number of ether oxygens (including phenoxy) is 1. The average Bonchev–Trinajstić information content (AvgIpc) is 2.98. The first kappa shape index (κ1) is 12.2. The summed E-state index contributed by atoms with van der Waals surface area (Å²) in [6, 6.07) is 9.36. The quantitative estimate of drug-likeness (QED) is 0.733. The Labute approximate surface area is 115 Å². The van der Waals surface area contributed by atoms with Crippen molar-refractivity contribution in [3.05, 3.63) is 49.1 Å². The molecule has 0 radical (unpaired) electrons. The van der Waals surface area contributed by atoms with Gasteiger partial charge in [0.05, 0.1) is 13.3 Å². The molecule has 20 heavy (non-hydrogen) atoms. The van der Waals surface area contributed by atoms with E-state index < -0.39 is 0 Å². The molecule has 0 amide bonds. The van der Waals surface area contributed by atoms with Crippen LogP contribution in [0.15, 0.2) is 49.1 Å². The summed E-state index contributed by atoms with van der Waals surface area (Å²) >= 11 is 0. The second kappa shape index (κ2) is 5.00. The number of methoxy groups -OCH3 is 1. The van der Waals surface area contributed by atoms with Crippen LogP contribution in [0.2, 0.25) is 0 Å². The maximum atomic E-state index is 5.68. The van der Waals surface area contributed by atoms with E-state index in [-0.39, 0.29) is 0 Å². The van der Waals surface area contributed by atoms with Gasteiger partial charge in [0, 0.05) is 23.5 Å². The first-order valence-corrected chi connectivity index (χ1v) is 6.03. The van der Waals surface area contributed by atoms with Crippen LogP contribution in [-0.4, -0.2) is 26.9 Å². The number of aromatic nitrogens is 4. The van der Waals surface area contributed by atoms with Gasteiger partial charge < -0.3 is 10.5 Å². The van der Waals surface area contributed by atoms with E-state index in [1.165, 1.54) is 6.33 Å². The van der Waals surface area contributed by atoms with E-state index in [9.17, 15) is 0 Å². The third kappa shape index (κ3) is 2.31. The van der Waals surface area contributed by atoms with Crippen molar-refractivity contribution in [2.24, 2.45) is 0 Å². The molecule has 0 fully saturated rings. The summed E-state index contributed by atoms with van der Waals surface area (Å²) in [5.74, 6) is 1.15. The molecule has 3 aromatic rings. The number of nitrogen functional groups attached to an aromatic ring is 1. The van der Waals surface area contributed by atoms with Crippen molar-refractivity contribution in [2.45, 2.75) is 0 Å². The highest BCUT2D eigenvalue weighted by Crippen LogP contribution is 2.21. The SMILES string of the molecule is COc1cc(-n2cc(-c3ccc(N)cc3)cn2)ncn1. The Kier molecular flexibility index (Phi) is 3.04. The number of nitrogens with two attached hydrogens (primary N) is 1. The van der Waals surface area contributed by atoms with E-state index in [2.05, 4.69) is 15.1 Å². The van der Waals surface area contributed by atoms with Crippen LogP contribution in [0.1, 0.15) is 0 Å². The Balaban J connectivity index is 1.95. The van der Waals surface area contributed by atoms with Crippen molar-refractivity contribution in [1.82, 2.24) is 19.7 Å². The van der Waals surface area contributed by atoms with Crippen molar-refractivity contribution in [3.8, 4) is 22.8 Å². The Morgan fingerprint density at radius 1 is 1.10 bits per heavy atom. The maximum Gasteiger partial charge on any atom is 0.218 e. The number of anilines is 1. The molecule has 6 nitrogen and oxygen atoms in total. The summed E-state index contributed by atoms with van der Waals surface area (Å²) in [5.41, 5.74) is 8.46. The fourth-order valence-corrected chi connectivity index (χ4v) is 1.84. The second-order valence-electron chi connectivity index (χ2n) is 4.21. The highest BCUT2D eigenvalue weighted by atomic mass is 16.5. The van der Waals surface area contributed by atoms with Gasteiger partial charge in [0.1, 0.15) is 6.33 Å². The zero-order valence-electron chi connectivity index (χ0n) is 10.9. The standard InChI is InChI=1S/C14H13N5O/c1-20-14-6-13(16-9-17-14)19-8-11(7-18-19)10-2-4-12(15)5-3-10/h2-9H,15H2,1H3. The zero-order valence-corrected chi connectivity index (χ0v) is 10.9. The highest BCUT2D eigenvalue weighted by molar-refractivity contribution is 5.64. The molecule has 2 aromatic heterocycles. The molecule has 0 bridgehead atoms. The molecular formula is C14H13N5O. The van der Waals surface area contributed by atoms with Gasteiger partial charge in [-0.2, -0.15) is 5.10 Å². The van der Waals surface area contributed by atoms with Crippen LogP contribution in [0, 0.1) is 0 Å². The van der Waals surface area contributed by atoms with Gasteiger partial charge in [-0.3, -0.25) is 0 Å². The van der Waals surface area contributed by atoms with E-state index in [0.717, 1.165) is 16.8 Å². The third-order valence-electron chi connectivity index (χ3n) is 2.90. The molecule has 6 heteroatoms. The van der Waals surface area contributed by atoms with Gasteiger partial charge in [0.15, 0.2) is 5.82 Å². The van der Waals surface area contributed by atoms with Gasteiger partial charge in [-0.1, -0.05) is 12.1 Å². The minimum absolute atomic E-state index is 0.500. The van der Waals surface area contributed by atoms with E-state index in [1.807, 2.05) is 30.5 Å². The van der Waals surface area contributed by atoms with Crippen molar-refractivity contribution in [2.75, 3.05) is 12.8 Å². The lowest BCUT2D eigenvalue weighted by Crippen LogP contribution is -1.99. The fraction of sp³-hybridized carbons (Fsp3) is 0.0714. The molecular weight excluding hydrogens is 254 g/mol. The molecule has 0 saturated carbocycles. The molecule has 2 N–H and O–H groups in total. The molecule has 3 rings (SSSR count). The molecule has 2 heterocycles. The van der Waals surface area contributed by atoms with Gasteiger partial charge in [0.25, 0.3) is 0 Å². The predicted octanol–water partition coefficient (Wildman–Crippen LogP) is 1.92. The Morgan fingerprint density at radius 2 is 1.90 bits per heavy atom. The summed E-state index contributed by atoms with van der Waals surface area (Å²) in [5, 5.41) is 4.30. The average molecular weight is 267 g/mol. The molecule has 0 atom stereocenters. The molecule has 0 saturated heterocycles. The minimum Gasteiger partial charge on any atom is -0.481 e. The largest absolute Gasteiger partial charge is 0.481 e. The third-order valence-corrected chi connectivity index (χ3v) is 2.90. The molecule has 0 aliphatic carbocycles. The van der Waals surface area contributed by atoms with Crippen LogP contribution >= 0.6 is 0 Å². The van der Waals surface area contributed by atoms with E-state index >= 15 is 0 Å². The Bertz CT molecular complexity index is 720. The topological polar surface area (TPSA) is 78.9 Å². The predicted molar refractivity (Wildman–Crippen MR) is 75.6 cm³/mol. The van der Waals surface area contributed by atoms with Gasteiger partial charge in [-0.25, -0.2) is 14.6 Å². The summed E-state index contributed by atoms with van der Waals surface area (Å²) in [6.07, 6.45) is 5.12. The van der Waals surface area contributed by atoms with Crippen LogP contribution in [-0.2, 0) is 0 Å². The monoisotopic (exact) mass is 267 g/mol. The minimum atomic E-state index is 0.500. The molecule has 0 unspecified atom stereocenters. The van der Waals surface area contributed by atoms with Crippen molar-refractivity contribution in [1.29, 1.82) is 0 Å². The molecule has 0 aliphatic rings. The maximum absolute atomic E-state index is 5.68. The second-order valence-corrected chi connectivity index (χ2v) is 4.21. The van der Waals surface area contributed by atoms with Gasteiger partial charge in [0.2, 0.25) is 5.88 Å². The van der Waals surface area contributed by atoms with Crippen LogP contribution in [0.4, 0.5) is 5.69 Å². The number of hydrogen-bond acceptors (Lipinski definition) is 5. The molecule has 1 aromatic carbocycles. The molecule has 0 aliphatic heterocycles. The number of hydrogen-bond donors (Lipinski definition) is 1. The Hall–Kier alpha value is -2.89. The lowest BCUT2D eigenvalue weighted by molar-refractivity contribution is 0.396. The Morgan fingerprint density at radius 3 is 2.65 bits per heavy atom. The number of rotatable bonds is 3. The lowest BCUT2D eigenvalue weighted by atomic mass is 10.1. The summed E-state index contributed by atoms with van der Waals surface area (Å²) in [6.45, 7) is 0. The van der Waals surface area contributed by atoms with E-state index in [0.29, 0.717) is 11.7 Å².